The van der Waals surface area contributed by atoms with Crippen LogP contribution in [-0.4, -0.2) is 37.2 Å². The predicted octanol–water partition coefficient (Wildman–Crippen LogP) is 6.62. The summed E-state index contributed by atoms with van der Waals surface area (Å²) < 4.78 is 0. The smallest absolute Gasteiger partial charge is 0.0706 e. The zero-order valence-electron chi connectivity index (χ0n) is 21.1. The van der Waals surface area contributed by atoms with Crippen molar-refractivity contribution in [2.45, 2.75) is 27.7 Å². The fourth-order valence-electron chi connectivity index (χ4n) is 4.16. The normalized spacial score (nSPS) is 10.9. The van der Waals surface area contributed by atoms with E-state index in [1.165, 1.54) is 33.4 Å². The van der Waals surface area contributed by atoms with E-state index in [1.54, 1.807) is 0 Å². The van der Waals surface area contributed by atoms with Gasteiger partial charge in [-0.2, -0.15) is 0 Å². The zero-order valence-corrected chi connectivity index (χ0v) is 21.1. The Bertz CT molecular complexity index is 1160. The third-order valence-corrected chi connectivity index (χ3v) is 6.91. The van der Waals surface area contributed by atoms with Gasteiger partial charge in [0.1, 0.15) is 0 Å². The molecule has 0 bridgehead atoms. The second-order valence-corrected chi connectivity index (χ2v) is 9.14. The highest BCUT2D eigenvalue weighted by Crippen LogP contribution is 2.26. The van der Waals surface area contributed by atoms with Crippen LogP contribution in [0.3, 0.4) is 0 Å². The Balaban J connectivity index is 1.38. The van der Waals surface area contributed by atoms with Crippen molar-refractivity contribution >= 4 is 11.4 Å². The highest BCUT2D eigenvalue weighted by atomic mass is 15.2. The molecule has 4 aromatic rings. The highest BCUT2D eigenvalue weighted by Gasteiger charge is 2.10. The molecule has 0 N–H and O–H groups in total. The van der Waals surface area contributed by atoms with Gasteiger partial charge in [-0.3, -0.25) is 9.97 Å². The molecular weight excluding hydrogens is 416 g/mol. The number of nitrogens with zero attached hydrogens (tertiary/aromatic N) is 4. The molecular formula is C30H34N4. The molecule has 2 aromatic carbocycles. The standard InChI is InChI=1S/C30H34N4/c1-21-9-7-11-27(23(21)3)29-15-13-25(19-31-29)33(5)17-18-34(6)26-14-16-30(32-20-26)28-12-8-10-22(2)24(28)4/h7-16,19-20H,17-18H2,1-6H3. The topological polar surface area (TPSA) is 32.3 Å². The van der Waals surface area contributed by atoms with Crippen molar-refractivity contribution in [3.63, 3.8) is 0 Å². The van der Waals surface area contributed by atoms with Crippen LogP contribution in [0.2, 0.25) is 0 Å². The number of hydrogen-bond acceptors (Lipinski definition) is 4. The first-order valence-electron chi connectivity index (χ1n) is 11.8. The molecule has 0 aliphatic carbocycles. The second-order valence-electron chi connectivity index (χ2n) is 9.14. The van der Waals surface area contributed by atoms with Crippen molar-refractivity contribution in [3.8, 4) is 22.5 Å². The Morgan fingerprint density at radius 2 is 0.971 bits per heavy atom. The van der Waals surface area contributed by atoms with Crippen LogP contribution in [0.5, 0.6) is 0 Å². The molecule has 2 aromatic heterocycles. The van der Waals surface area contributed by atoms with Gasteiger partial charge in [-0.05, 0) is 74.2 Å². The SMILES string of the molecule is Cc1cccc(-c2ccc(N(C)CCN(C)c3ccc(-c4cccc(C)c4C)nc3)cn2)c1C. The minimum atomic E-state index is 0.889. The van der Waals surface area contributed by atoms with Gasteiger partial charge in [-0.25, -0.2) is 0 Å². The van der Waals surface area contributed by atoms with Crippen LogP contribution < -0.4 is 9.80 Å². The first-order chi connectivity index (χ1) is 16.3. The summed E-state index contributed by atoms with van der Waals surface area (Å²) >= 11 is 0. The van der Waals surface area contributed by atoms with Crippen LogP contribution in [0.4, 0.5) is 11.4 Å². The fraction of sp³-hybridized carbons (Fsp3) is 0.267. The summed E-state index contributed by atoms with van der Waals surface area (Å²) in [6.45, 7) is 10.4. The molecule has 4 nitrogen and oxygen atoms in total. The lowest BCUT2D eigenvalue weighted by Crippen LogP contribution is -2.30. The van der Waals surface area contributed by atoms with Gasteiger partial charge in [-0.15, -0.1) is 0 Å². The van der Waals surface area contributed by atoms with Crippen molar-refractivity contribution in [2.75, 3.05) is 37.0 Å². The monoisotopic (exact) mass is 450 g/mol. The van der Waals surface area contributed by atoms with Crippen molar-refractivity contribution in [3.05, 3.63) is 95.3 Å². The van der Waals surface area contributed by atoms with Gasteiger partial charge in [0, 0.05) is 38.3 Å². The number of aromatic nitrogens is 2. The largest absolute Gasteiger partial charge is 0.372 e. The van der Waals surface area contributed by atoms with Gasteiger partial charge in [0.25, 0.3) is 0 Å². The number of aryl methyl sites for hydroxylation is 2. The molecule has 0 aliphatic heterocycles. The van der Waals surface area contributed by atoms with E-state index >= 15 is 0 Å². The van der Waals surface area contributed by atoms with Gasteiger partial charge >= 0.3 is 0 Å². The molecule has 34 heavy (non-hydrogen) atoms. The van der Waals surface area contributed by atoms with Crippen molar-refractivity contribution < 1.29 is 0 Å². The maximum Gasteiger partial charge on any atom is 0.0706 e. The summed E-state index contributed by atoms with van der Waals surface area (Å²) in [6.07, 6.45) is 3.94. The predicted molar refractivity (Wildman–Crippen MR) is 145 cm³/mol. The third-order valence-electron chi connectivity index (χ3n) is 6.91. The van der Waals surface area contributed by atoms with E-state index in [9.17, 15) is 0 Å². The summed E-state index contributed by atoms with van der Waals surface area (Å²) in [4.78, 5) is 14.0. The zero-order chi connectivity index (χ0) is 24.2. The minimum Gasteiger partial charge on any atom is -0.372 e. The Kier molecular flexibility index (Phi) is 6.97. The number of rotatable bonds is 7. The van der Waals surface area contributed by atoms with Crippen LogP contribution in [-0.2, 0) is 0 Å². The average Bonchev–Trinajstić information content (AvgIpc) is 2.86. The summed E-state index contributed by atoms with van der Waals surface area (Å²) in [6, 6.07) is 21.3. The molecule has 0 radical (unpaired) electrons. The highest BCUT2D eigenvalue weighted by molar-refractivity contribution is 5.67. The summed E-state index contributed by atoms with van der Waals surface area (Å²) in [7, 11) is 4.23. The van der Waals surface area contributed by atoms with E-state index in [2.05, 4.69) is 112 Å². The molecule has 0 saturated heterocycles. The molecule has 0 aliphatic rings. The summed E-state index contributed by atoms with van der Waals surface area (Å²) in [5, 5.41) is 0. The minimum absolute atomic E-state index is 0.889. The number of pyridine rings is 2. The van der Waals surface area contributed by atoms with E-state index in [-0.39, 0.29) is 0 Å². The van der Waals surface area contributed by atoms with E-state index < -0.39 is 0 Å². The van der Waals surface area contributed by atoms with Crippen molar-refractivity contribution in [2.24, 2.45) is 0 Å². The van der Waals surface area contributed by atoms with Crippen LogP contribution in [0, 0.1) is 27.7 Å². The maximum absolute atomic E-state index is 4.74. The van der Waals surface area contributed by atoms with E-state index in [1.807, 2.05) is 12.4 Å². The Hall–Kier alpha value is -3.66. The fourth-order valence-corrected chi connectivity index (χ4v) is 4.16. The van der Waals surface area contributed by atoms with Crippen LogP contribution in [0.25, 0.3) is 22.5 Å². The van der Waals surface area contributed by atoms with E-state index in [4.69, 9.17) is 9.97 Å². The van der Waals surface area contributed by atoms with Crippen LogP contribution in [0.15, 0.2) is 73.1 Å². The van der Waals surface area contributed by atoms with Gasteiger partial charge < -0.3 is 9.80 Å². The molecule has 174 valence electrons. The first-order valence-corrected chi connectivity index (χ1v) is 11.8. The molecule has 2 heterocycles. The third kappa shape index (κ3) is 4.96. The maximum atomic E-state index is 4.74. The number of hydrogen-bond donors (Lipinski definition) is 0. The van der Waals surface area contributed by atoms with Gasteiger partial charge in [0.2, 0.25) is 0 Å². The summed E-state index contributed by atoms with van der Waals surface area (Å²) in [5.41, 5.74) is 11.8. The van der Waals surface area contributed by atoms with Crippen molar-refractivity contribution in [1.82, 2.24) is 9.97 Å². The molecule has 0 unspecified atom stereocenters. The van der Waals surface area contributed by atoms with Crippen molar-refractivity contribution in [1.29, 1.82) is 0 Å². The molecule has 4 heteroatoms. The average molecular weight is 451 g/mol. The quantitative estimate of drug-likeness (QED) is 0.317. The van der Waals surface area contributed by atoms with E-state index in [0.717, 1.165) is 35.9 Å². The lowest BCUT2D eigenvalue weighted by atomic mass is 10.0. The molecule has 4 rings (SSSR count). The Labute approximate surface area is 203 Å². The number of benzene rings is 2. The Morgan fingerprint density at radius 1 is 0.559 bits per heavy atom. The van der Waals surface area contributed by atoms with Crippen LogP contribution >= 0.6 is 0 Å². The second kappa shape index (κ2) is 10.1. The first kappa shape index (κ1) is 23.5. The molecule has 0 saturated carbocycles. The van der Waals surface area contributed by atoms with Gasteiger partial charge in [0.15, 0.2) is 0 Å². The van der Waals surface area contributed by atoms with Crippen LogP contribution in [0.1, 0.15) is 22.3 Å². The lowest BCUT2D eigenvalue weighted by molar-refractivity contribution is 0.829. The number of likely N-dealkylation sites (N-methyl/N-ethyl adjacent to an activating group) is 2. The molecule has 0 atom stereocenters. The molecule has 0 fully saturated rings. The lowest BCUT2D eigenvalue weighted by Gasteiger charge is -2.25. The van der Waals surface area contributed by atoms with Gasteiger partial charge in [-0.1, -0.05) is 36.4 Å². The summed E-state index contributed by atoms with van der Waals surface area (Å²) in [5.74, 6) is 0. The number of anilines is 2. The van der Waals surface area contributed by atoms with E-state index in [0.29, 0.717) is 0 Å². The molecule has 0 spiro atoms. The molecule has 0 amide bonds. The van der Waals surface area contributed by atoms with Gasteiger partial charge in [0.05, 0.1) is 35.2 Å². The Morgan fingerprint density at radius 3 is 1.32 bits per heavy atom.